The lowest BCUT2D eigenvalue weighted by atomic mass is 9.67. The third kappa shape index (κ3) is 0.687. The Morgan fingerprint density at radius 3 is 2.42 bits per heavy atom. The van der Waals surface area contributed by atoms with Gasteiger partial charge in [0.05, 0.1) is 6.61 Å². The van der Waals surface area contributed by atoms with Crippen molar-refractivity contribution in [2.75, 3.05) is 6.61 Å². The summed E-state index contributed by atoms with van der Waals surface area (Å²) >= 11 is 0. The van der Waals surface area contributed by atoms with Crippen LogP contribution in [0.15, 0.2) is 11.6 Å². The largest absolute Gasteiger partial charge is 0.392 e. The van der Waals surface area contributed by atoms with Gasteiger partial charge in [-0.15, -0.1) is 0 Å². The maximum absolute atomic E-state index is 9.22. The smallest absolute Gasteiger partial charge is 0.0647 e. The van der Waals surface area contributed by atoms with Gasteiger partial charge in [0.15, 0.2) is 0 Å². The molecule has 0 heterocycles. The number of rotatable bonds is 1. The molecule has 12 heavy (non-hydrogen) atoms. The van der Waals surface area contributed by atoms with E-state index in [1.54, 1.807) is 0 Å². The molecule has 2 rings (SSSR count). The summed E-state index contributed by atoms with van der Waals surface area (Å²) in [4.78, 5) is 0. The van der Waals surface area contributed by atoms with Gasteiger partial charge in [-0.2, -0.15) is 0 Å². The van der Waals surface area contributed by atoms with Gasteiger partial charge < -0.3 is 5.11 Å². The number of hydrogen-bond donors (Lipinski definition) is 1. The molecule has 1 nitrogen and oxygen atoms in total. The highest BCUT2D eigenvalue weighted by Gasteiger charge is 2.56. The predicted octanol–water partition coefficient (Wildman–Crippen LogP) is 2.36. The van der Waals surface area contributed by atoms with Crippen LogP contribution in [0.5, 0.6) is 0 Å². The van der Waals surface area contributed by atoms with Crippen LogP contribution in [0.2, 0.25) is 0 Å². The van der Waals surface area contributed by atoms with Crippen LogP contribution in [0.3, 0.4) is 0 Å². The molecule has 1 N–H and O–H groups in total. The topological polar surface area (TPSA) is 20.2 Å². The van der Waals surface area contributed by atoms with E-state index >= 15 is 0 Å². The number of allylic oxidation sites excluding steroid dienone is 1. The van der Waals surface area contributed by atoms with E-state index < -0.39 is 0 Å². The molecule has 1 heteroatoms. The van der Waals surface area contributed by atoms with Gasteiger partial charge in [-0.1, -0.05) is 26.8 Å². The minimum Gasteiger partial charge on any atom is -0.392 e. The van der Waals surface area contributed by atoms with E-state index in [1.807, 2.05) is 0 Å². The lowest BCUT2D eigenvalue weighted by molar-refractivity contribution is 0.154. The highest BCUT2D eigenvalue weighted by atomic mass is 16.3. The van der Waals surface area contributed by atoms with E-state index in [4.69, 9.17) is 0 Å². The Morgan fingerprint density at radius 2 is 2.17 bits per heavy atom. The minimum atomic E-state index is 0.260. The highest BCUT2D eigenvalue weighted by Crippen LogP contribution is 2.64. The van der Waals surface area contributed by atoms with E-state index in [9.17, 15) is 5.11 Å². The van der Waals surface area contributed by atoms with E-state index in [-0.39, 0.29) is 12.0 Å². The lowest BCUT2D eigenvalue weighted by Gasteiger charge is -2.37. The van der Waals surface area contributed by atoms with Crippen molar-refractivity contribution in [2.24, 2.45) is 16.7 Å². The average molecular weight is 166 g/mol. The molecule has 2 aliphatic rings. The van der Waals surface area contributed by atoms with E-state index in [2.05, 4.69) is 26.8 Å². The number of aliphatic hydroxyl groups is 1. The highest BCUT2D eigenvalue weighted by molar-refractivity contribution is 5.31. The fraction of sp³-hybridized carbons (Fsp3) is 0.818. The molecule has 0 aromatic rings. The molecule has 2 aliphatic carbocycles. The predicted molar refractivity (Wildman–Crippen MR) is 49.8 cm³/mol. The van der Waals surface area contributed by atoms with Crippen LogP contribution in [0.25, 0.3) is 0 Å². The summed E-state index contributed by atoms with van der Waals surface area (Å²) in [7, 11) is 0. The van der Waals surface area contributed by atoms with Crippen molar-refractivity contribution >= 4 is 0 Å². The number of aliphatic hydroxyl groups excluding tert-OH is 1. The monoisotopic (exact) mass is 166 g/mol. The molecule has 1 fully saturated rings. The van der Waals surface area contributed by atoms with Crippen LogP contribution in [-0.4, -0.2) is 11.7 Å². The standard InChI is InChI=1S/C11H18O/c1-10(2)8-4-5-11(10,3)9(6-8)7-12/h6,8,12H,4-5,7H2,1-3H3. The second kappa shape index (κ2) is 2.14. The summed E-state index contributed by atoms with van der Waals surface area (Å²) in [5.74, 6) is 0.713. The molecule has 68 valence electrons. The lowest BCUT2D eigenvalue weighted by Crippen LogP contribution is -2.31. The molecule has 2 bridgehead atoms. The normalized spacial score (nSPS) is 43.3. The Hall–Kier alpha value is -0.300. The minimum absolute atomic E-state index is 0.260. The molecule has 2 unspecified atom stereocenters. The third-order valence-corrected chi connectivity index (χ3v) is 4.59. The van der Waals surface area contributed by atoms with E-state index in [0.717, 1.165) is 0 Å². The second-order valence-corrected chi connectivity index (χ2v) is 5.05. The third-order valence-electron chi connectivity index (χ3n) is 4.59. The molecule has 2 atom stereocenters. The molecule has 0 spiro atoms. The van der Waals surface area contributed by atoms with Gasteiger partial charge in [0.2, 0.25) is 0 Å². The van der Waals surface area contributed by atoms with Crippen molar-refractivity contribution in [3.8, 4) is 0 Å². The quantitative estimate of drug-likeness (QED) is 0.593. The first-order valence-corrected chi connectivity index (χ1v) is 4.84. The van der Waals surface area contributed by atoms with E-state index in [0.29, 0.717) is 11.3 Å². The molecular weight excluding hydrogens is 148 g/mol. The second-order valence-electron chi connectivity index (χ2n) is 5.05. The summed E-state index contributed by atoms with van der Waals surface area (Å²) in [6, 6.07) is 0. The molecule has 0 radical (unpaired) electrons. The Bertz CT molecular complexity index is 239. The van der Waals surface area contributed by atoms with Gasteiger partial charge in [0, 0.05) is 0 Å². The van der Waals surface area contributed by atoms with Crippen molar-refractivity contribution in [1.82, 2.24) is 0 Å². The van der Waals surface area contributed by atoms with Gasteiger partial charge in [-0.25, -0.2) is 0 Å². The molecule has 0 aromatic heterocycles. The van der Waals surface area contributed by atoms with Crippen LogP contribution in [0.4, 0.5) is 0 Å². The molecular formula is C11H18O. The number of hydrogen-bond acceptors (Lipinski definition) is 1. The molecule has 0 saturated heterocycles. The Kier molecular flexibility index (Phi) is 1.48. The fourth-order valence-electron chi connectivity index (χ4n) is 3.06. The van der Waals surface area contributed by atoms with Crippen molar-refractivity contribution in [1.29, 1.82) is 0 Å². The van der Waals surface area contributed by atoms with Crippen LogP contribution in [0, 0.1) is 16.7 Å². The van der Waals surface area contributed by atoms with Gasteiger partial charge in [-0.05, 0) is 35.2 Å². The summed E-state index contributed by atoms with van der Waals surface area (Å²) in [6.07, 6.45) is 4.88. The van der Waals surface area contributed by atoms with Gasteiger partial charge in [0.25, 0.3) is 0 Å². The summed E-state index contributed by atoms with van der Waals surface area (Å²) in [6.45, 7) is 7.24. The molecule has 0 amide bonds. The zero-order valence-corrected chi connectivity index (χ0v) is 8.22. The summed E-state index contributed by atoms with van der Waals surface area (Å²) in [5.41, 5.74) is 1.95. The first-order valence-electron chi connectivity index (χ1n) is 4.84. The van der Waals surface area contributed by atoms with Crippen LogP contribution >= 0.6 is 0 Å². The van der Waals surface area contributed by atoms with Crippen molar-refractivity contribution in [2.45, 2.75) is 33.6 Å². The Labute approximate surface area is 74.5 Å². The first-order chi connectivity index (χ1) is 5.52. The van der Waals surface area contributed by atoms with Gasteiger partial charge >= 0.3 is 0 Å². The van der Waals surface area contributed by atoms with Crippen LogP contribution < -0.4 is 0 Å². The fourth-order valence-corrected chi connectivity index (χ4v) is 3.06. The van der Waals surface area contributed by atoms with Crippen molar-refractivity contribution in [3.05, 3.63) is 11.6 Å². The van der Waals surface area contributed by atoms with Gasteiger partial charge in [-0.3, -0.25) is 0 Å². The Balaban J connectivity index is 2.43. The van der Waals surface area contributed by atoms with Crippen molar-refractivity contribution < 1.29 is 5.11 Å². The average Bonchev–Trinajstić information content (AvgIpc) is 2.34. The number of fused-ring (bicyclic) bond motifs is 2. The molecule has 1 saturated carbocycles. The van der Waals surface area contributed by atoms with Crippen LogP contribution in [0.1, 0.15) is 33.6 Å². The first kappa shape index (κ1) is 8.31. The molecule has 0 aliphatic heterocycles. The SMILES string of the molecule is CC12CCC(C=C1CO)C2(C)C. The maximum atomic E-state index is 9.22. The zero-order chi connectivity index (χ0) is 8.98. The van der Waals surface area contributed by atoms with E-state index in [1.165, 1.54) is 18.4 Å². The molecule has 0 aromatic carbocycles. The zero-order valence-electron chi connectivity index (χ0n) is 8.22. The summed E-state index contributed by atoms with van der Waals surface area (Å²) in [5, 5.41) is 9.22. The Morgan fingerprint density at radius 1 is 1.50 bits per heavy atom. The summed E-state index contributed by atoms with van der Waals surface area (Å²) < 4.78 is 0. The van der Waals surface area contributed by atoms with Gasteiger partial charge in [0.1, 0.15) is 0 Å². The maximum Gasteiger partial charge on any atom is 0.0647 e. The van der Waals surface area contributed by atoms with Crippen LogP contribution in [-0.2, 0) is 0 Å². The van der Waals surface area contributed by atoms with Crippen molar-refractivity contribution in [3.63, 3.8) is 0 Å².